The van der Waals surface area contributed by atoms with Crippen molar-refractivity contribution in [2.45, 2.75) is 64.6 Å². The third-order valence-electron chi connectivity index (χ3n) is 2.73. The average Bonchev–Trinajstić information content (AvgIpc) is 2.25. The van der Waals surface area contributed by atoms with Crippen molar-refractivity contribution in [2.24, 2.45) is 0 Å². The van der Waals surface area contributed by atoms with E-state index in [1.807, 2.05) is 0 Å². The van der Waals surface area contributed by atoms with Gasteiger partial charge in [0.2, 0.25) is 0 Å². The predicted octanol–water partition coefficient (Wildman–Crippen LogP) is 5.52. The minimum Gasteiger partial charge on any atom is -0.417 e. The fourth-order valence-corrected chi connectivity index (χ4v) is 4.03. The monoisotopic (exact) mass is 354 g/mol. The van der Waals surface area contributed by atoms with Crippen LogP contribution in [0.25, 0.3) is 0 Å². The number of halogens is 1. The van der Waals surface area contributed by atoms with Gasteiger partial charge in [0, 0.05) is 6.61 Å². The maximum atomic E-state index is 6.06. The average molecular weight is 354 g/mol. The van der Waals surface area contributed by atoms with Crippen LogP contribution in [0.3, 0.4) is 0 Å². The number of rotatable bonds is 10. The summed E-state index contributed by atoms with van der Waals surface area (Å²) >= 11 is 2.28. The normalized spacial score (nSPS) is 12.5. The van der Waals surface area contributed by atoms with Gasteiger partial charge in [-0.1, -0.05) is 54.9 Å². The fraction of sp³-hybridized carbons (Fsp3) is 0.846. The molecule has 0 aliphatic rings. The molecule has 0 unspecified atom stereocenters. The van der Waals surface area contributed by atoms with Gasteiger partial charge in [-0.25, -0.2) is 0 Å². The van der Waals surface area contributed by atoms with Gasteiger partial charge in [-0.15, -0.1) is 0 Å². The summed E-state index contributed by atoms with van der Waals surface area (Å²) in [5, 5.41) is 0. The van der Waals surface area contributed by atoms with Crippen molar-refractivity contribution in [3.63, 3.8) is 0 Å². The standard InChI is InChI=1S/C13H27IOSi/c1-4-5-13-16(2,3)15-12-10-8-6-7-9-11-14/h9,11H,4-8,10,12-13H2,1-3H3/b11-9+. The number of hydrogen-bond acceptors (Lipinski definition) is 1. The summed E-state index contributed by atoms with van der Waals surface area (Å²) in [6.45, 7) is 7.94. The number of hydrogen-bond donors (Lipinski definition) is 0. The molecule has 0 fully saturated rings. The molecule has 0 saturated heterocycles. The van der Waals surface area contributed by atoms with Crippen molar-refractivity contribution in [3.8, 4) is 0 Å². The Bertz CT molecular complexity index is 181. The molecule has 1 nitrogen and oxygen atoms in total. The molecule has 96 valence electrons. The largest absolute Gasteiger partial charge is 0.417 e. The third-order valence-corrected chi connectivity index (χ3v) is 5.78. The molecule has 0 heterocycles. The van der Waals surface area contributed by atoms with Gasteiger partial charge < -0.3 is 4.43 Å². The summed E-state index contributed by atoms with van der Waals surface area (Å²) in [5.74, 6) is 0. The number of unbranched alkanes of at least 4 members (excludes halogenated alkanes) is 4. The SMILES string of the molecule is CCCC[Si](C)(C)OCCCCC/C=C/I. The molecular formula is C13H27IOSi. The maximum Gasteiger partial charge on any atom is 0.186 e. The molecule has 0 aromatic rings. The zero-order valence-electron chi connectivity index (χ0n) is 11.1. The van der Waals surface area contributed by atoms with E-state index < -0.39 is 8.32 Å². The summed E-state index contributed by atoms with van der Waals surface area (Å²) in [4.78, 5) is 0. The molecule has 0 spiro atoms. The van der Waals surface area contributed by atoms with Crippen LogP contribution in [0.5, 0.6) is 0 Å². The van der Waals surface area contributed by atoms with E-state index in [-0.39, 0.29) is 0 Å². The first-order valence-electron chi connectivity index (χ1n) is 6.51. The van der Waals surface area contributed by atoms with Crippen LogP contribution >= 0.6 is 22.6 Å². The second kappa shape index (κ2) is 10.8. The van der Waals surface area contributed by atoms with Gasteiger partial charge in [-0.05, 0) is 42.5 Å². The lowest BCUT2D eigenvalue weighted by Gasteiger charge is -2.22. The Hall–Kier alpha value is 0.647. The van der Waals surface area contributed by atoms with Crippen molar-refractivity contribution < 1.29 is 4.43 Å². The van der Waals surface area contributed by atoms with E-state index in [0.717, 1.165) is 6.61 Å². The van der Waals surface area contributed by atoms with E-state index in [0.29, 0.717) is 0 Å². The maximum absolute atomic E-state index is 6.06. The first-order chi connectivity index (χ1) is 7.62. The Morgan fingerprint density at radius 2 is 1.88 bits per heavy atom. The molecule has 0 aliphatic carbocycles. The van der Waals surface area contributed by atoms with E-state index in [9.17, 15) is 0 Å². The molecule has 0 amide bonds. The molecule has 0 aromatic carbocycles. The predicted molar refractivity (Wildman–Crippen MR) is 84.8 cm³/mol. The minimum atomic E-state index is -1.31. The van der Waals surface area contributed by atoms with Crippen molar-refractivity contribution in [2.75, 3.05) is 6.61 Å². The lowest BCUT2D eigenvalue weighted by Crippen LogP contribution is -2.30. The molecule has 0 atom stereocenters. The van der Waals surface area contributed by atoms with E-state index >= 15 is 0 Å². The summed E-state index contributed by atoms with van der Waals surface area (Å²) in [6, 6.07) is 1.32. The highest BCUT2D eigenvalue weighted by molar-refractivity contribution is 14.1. The molecule has 3 heteroatoms. The summed E-state index contributed by atoms with van der Waals surface area (Å²) < 4.78 is 8.16. The van der Waals surface area contributed by atoms with Crippen LogP contribution in [0, 0.1) is 0 Å². The molecule has 0 aliphatic heterocycles. The Morgan fingerprint density at radius 3 is 2.50 bits per heavy atom. The molecule has 0 bridgehead atoms. The lowest BCUT2D eigenvalue weighted by molar-refractivity contribution is 0.294. The Kier molecular flexibility index (Phi) is 11.2. The molecule has 16 heavy (non-hydrogen) atoms. The van der Waals surface area contributed by atoms with Gasteiger partial charge in [0.05, 0.1) is 0 Å². The fourth-order valence-electron chi connectivity index (χ4n) is 1.63. The topological polar surface area (TPSA) is 9.23 Å². The summed E-state index contributed by atoms with van der Waals surface area (Å²) in [7, 11) is -1.31. The van der Waals surface area contributed by atoms with Crippen LogP contribution in [0.15, 0.2) is 10.2 Å². The van der Waals surface area contributed by atoms with E-state index in [4.69, 9.17) is 4.43 Å². The number of allylic oxidation sites excluding steroid dienone is 1. The Labute approximate surface area is 116 Å². The van der Waals surface area contributed by atoms with Gasteiger partial charge in [-0.3, -0.25) is 0 Å². The molecular weight excluding hydrogens is 327 g/mol. The Morgan fingerprint density at radius 1 is 1.12 bits per heavy atom. The quantitative estimate of drug-likeness (QED) is 0.285. The second-order valence-electron chi connectivity index (χ2n) is 4.92. The third kappa shape index (κ3) is 11.1. The molecule has 0 radical (unpaired) electrons. The van der Waals surface area contributed by atoms with Crippen LogP contribution in [0.2, 0.25) is 19.1 Å². The first kappa shape index (κ1) is 16.6. The highest BCUT2D eigenvalue weighted by Crippen LogP contribution is 2.15. The van der Waals surface area contributed by atoms with Gasteiger partial charge >= 0.3 is 0 Å². The van der Waals surface area contributed by atoms with Crippen LogP contribution in [0.4, 0.5) is 0 Å². The van der Waals surface area contributed by atoms with E-state index in [1.54, 1.807) is 0 Å². The van der Waals surface area contributed by atoms with Crippen LogP contribution in [-0.2, 0) is 4.43 Å². The smallest absolute Gasteiger partial charge is 0.186 e. The lowest BCUT2D eigenvalue weighted by atomic mass is 10.2. The Balaban J connectivity index is 3.35. The van der Waals surface area contributed by atoms with Crippen molar-refractivity contribution in [1.29, 1.82) is 0 Å². The van der Waals surface area contributed by atoms with Crippen LogP contribution in [-0.4, -0.2) is 14.9 Å². The van der Waals surface area contributed by atoms with Crippen LogP contribution in [0.1, 0.15) is 45.4 Å². The van der Waals surface area contributed by atoms with Gasteiger partial charge in [0.15, 0.2) is 8.32 Å². The van der Waals surface area contributed by atoms with Gasteiger partial charge in [-0.2, -0.15) is 0 Å². The highest BCUT2D eigenvalue weighted by Gasteiger charge is 2.20. The summed E-state index contributed by atoms with van der Waals surface area (Å²) in [6.07, 6.45) is 9.93. The van der Waals surface area contributed by atoms with Crippen molar-refractivity contribution in [1.82, 2.24) is 0 Å². The first-order valence-corrected chi connectivity index (χ1v) is 10.9. The van der Waals surface area contributed by atoms with E-state index in [1.165, 1.54) is 44.6 Å². The van der Waals surface area contributed by atoms with E-state index in [2.05, 4.69) is 52.8 Å². The zero-order valence-corrected chi connectivity index (χ0v) is 14.3. The van der Waals surface area contributed by atoms with Gasteiger partial charge in [0.1, 0.15) is 0 Å². The minimum absolute atomic E-state index is 0.983. The van der Waals surface area contributed by atoms with Crippen molar-refractivity contribution >= 4 is 30.9 Å². The van der Waals surface area contributed by atoms with Crippen molar-refractivity contribution in [3.05, 3.63) is 10.2 Å². The second-order valence-corrected chi connectivity index (χ2v) is 9.95. The highest BCUT2D eigenvalue weighted by atomic mass is 127. The molecule has 0 saturated carbocycles. The molecule has 0 rings (SSSR count). The zero-order chi connectivity index (χ0) is 12.3. The van der Waals surface area contributed by atoms with Crippen LogP contribution < -0.4 is 0 Å². The van der Waals surface area contributed by atoms with Gasteiger partial charge in [0.25, 0.3) is 0 Å². The summed E-state index contributed by atoms with van der Waals surface area (Å²) in [5.41, 5.74) is 0. The molecule has 0 N–H and O–H groups in total. The molecule has 0 aromatic heterocycles.